The smallest absolute Gasteiger partial charge is 0.267 e. The number of fused-ring (bicyclic) bond motifs is 1. The number of benzene rings is 2. The van der Waals surface area contributed by atoms with Crippen LogP contribution in [0.5, 0.6) is 0 Å². The number of halogens is 2. The van der Waals surface area contributed by atoms with Gasteiger partial charge in [-0.15, -0.1) is 0 Å². The number of hydrogen-bond donors (Lipinski definition) is 1. The maximum Gasteiger partial charge on any atom is 0.267 e. The number of para-hydroxylation sites is 1. The molecule has 1 aliphatic rings. The number of nitrogens with two attached hydrogens (primary N) is 1. The second-order valence-electron chi connectivity index (χ2n) is 6.73. The summed E-state index contributed by atoms with van der Waals surface area (Å²) in [6.07, 6.45) is 0.170. The van der Waals surface area contributed by atoms with Crippen molar-refractivity contribution < 1.29 is 23.2 Å². The van der Waals surface area contributed by atoms with Crippen LogP contribution >= 0.6 is 0 Å². The predicted octanol–water partition coefficient (Wildman–Crippen LogP) is 2.93. The van der Waals surface area contributed by atoms with Gasteiger partial charge in [-0.05, 0) is 41.0 Å². The molecular weight excluding hydrogens is 380 g/mol. The molecule has 3 aromatic rings. The van der Waals surface area contributed by atoms with Crippen molar-refractivity contribution in [2.75, 3.05) is 0 Å². The van der Waals surface area contributed by atoms with Gasteiger partial charge in [0.1, 0.15) is 5.69 Å². The SMILES string of the molecule is NC(=O)c1cc(-c2cc(F)c(F)cc2CN2C(=O)CCC2=O)c2ccccc2n1. The fourth-order valence-electron chi connectivity index (χ4n) is 3.46. The van der Waals surface area contributed by atoms with Crippen molar-refractivity contribution in [2.45, 2.75) is 19.4 Å². The number of primary amides is 1. The fraction of sp³-hybridized carbons (Fsp3) is 0.143. The molecule has 146 valence electrons. The zero-order chi connectivity index (χ0) is 20.7. The van der Waals surface area contributed by atoms with Crippen LogP contribution in [-0.2, 0) is 16.1 Å². The van der Waals surface area contributed by atoms with E-state index in [2.05, 4.69) is 4.98 Å². The normalized spacial score (nSPS) is 14.1. The zero-order valence-corrected chi connectivity index (χ0v) is 15.1. The average Bonchev–Trinajstić information content (AvgIpc) is 3.01. The van der Waals surface area contributed by atoms with E-state index in [9.17, 15) is 23.2 Å². The van der Waals surface area contributed by atoms with Gasteiger partial charge in [0.05, 0.1) is 12.1 Å². The van der Waals surface area contributed by atoms with Crippen LogP contribution in [0.15, 0.2) is 42.5 Å². The summed E-state index contributed by atoms with van der Waals surface area (Å²) in [4.78, 5) is 41.0. The summed E-state index contributed by atoms with van der Waals surface area (Å²) in [7, 11) is 0. The molecule has 2 heterocycles. The molecule has 2 N–H and O–H groups in total. The average molecular weight is 395 g/mol. The van der Waals surface area contributed by atoms with Crippen molar-refractivity contribution in [3.05, 3.63) is 65.4 Å². The first-order chi connectivity index (χ1) is 13.8. The molecule has 0 aliphatic carbocycles. The highest BCUT2D eigenvalue weighted by molar-refractivity contribution is 6.03. The molecule has 1 fully saturated rings. The highest BCUT2D eigenvalue weighted by Crippen LogP contribution is 2.34. The molecule has 1 saturated heterocycles. The van der Waals surface area contributed by atoms with Crippen molar-refractivity contribution in [1.29, 1.82) is 0 Å². The number of carbonyl (C=O) groups excluding carboxylic acids is 3. The maximum atomic E-state index is 14.1. The van der Waals surface area contributed by atoms with Gasteiger partial charge in [0.2, 0.25) is 11.8 Å². The number of hydrogen-bond acceptors (Lipinski definition) is 4. The molecule has 2 aromatic carbocycles. The van der Waals surface area contributed by atoms with Gasteiger partial charge in [0.15, 0.2) is 11.6 Å². The molecular formula is C21H15F2N3O3. The third kappa shape index (κ3) is 3.33. The molecule has 0 radical (unpaired) electrons. The Bertz CT molecular complexity index is 1180. The van der Waals surface area contributed by atoms with E-state index in [1.165, 1.54) is 6.07 Å². The Labute approximate surface area is 163 Å². The second kappa shape index (κ2) is 7.05. The summed E-state index contributed by atoms with van der Waals surface area (Å²) in [6, 6.07) is 10.2. The number of imide groups is 1. The lowest BCUT2D eigenvalue weighted by atomic mass is 9.95. The molecule has 0 atom stereocenters. The van der Waals surface area contributed by atoms with Crippen LogP contribution in [0.25, 0.3) is 22.0 Å². The Morgan fingerprint density at radius 2 is 1.66 bits per heavy atom. The number of nitrogens with zero attached hydrogens (tertiary/aromatic N) is 2. The standard InChI is InChI=1S/C21H15F2N3O3/c22-15-7-11(10-26-19(27)5-6-20(26)28)13(8-16(15)23)14-9-18(21(24)29)25-17-4-2-1-3-12(14)17/h1-4,7-9H,5-6,10H2,(H2,24,29). The topological polar surface area (TPSA) is 93.4 Å². The van der Waals surface area contributed by atoms with Crippen LogP contribution in [0.2, 0.25) is 0 Å². The van der Waals surface area contributed by atoms with Crippen LogP contribution in [-0.4, -0.2) is 27.6 Å². The molecule has 4 rings (SSSR count). The van der Waals surface area contributed by atoms with Gasteiger partial charge in [-0.25, -0.2) is 13.8 Å². The number of rotatable bonds is 4. The van der Waals surface area contributed by atoms with Gasteiger partial charge in [0.25, 0.3) is 5.91 Å². The Hall–Kier alpha value is -3.68. The van der Waals surface area contributed by atoms with Gasteiger partial charge in [0, 0.05) is 18.2 Å². The van der Waals surface area contributed by atoms with Crippen LogP contribution in [0.3, 0.4) is 0 Å². The number of amides is 3. The maximum absolute atomic E-state index is 14.1. The summed E-state index contributed by atoms with van der Waals surface area (Å²) < 4.78 is 28.2. The third-order valence-electron chi connectivity index (χ3n) is 4.89. The van der Waals surface area contributed by atoms with E-state index < -0.39 is 17.5 Å². The minimum atomic E-state index is -1.10. The monoisotopic (exact) mass is 395 g/mol. The van der Waals surface area contributed by atoms with Crippen molar-refractivity contribution in [3.63, 3.8) is 0 Å². The summed E-state index contributed by atoms with van der Waals surface area (Å²) >= 11 is 0. The van der Waals surface area contributed by atoms with E-state index in [-0.39, 0.29) is 48.0 Å². The highest BCUT2D eigenvalue weighted by Gasteiger charge is 2.30. The number of pyridine rings is 1. The quantitative estimate of drug-likeness (QED) is 0.688. The zero-order valence-electron chi connectivity index (χ0n) is 15.1. The third-order valence-corrected chi connectivity index (χ3v) is 4.89. The molecule has 1 aliphatic heterocycles. The lowest BCUT2D eigenvalue weighted by Crippen LogP contribution is -2.28. The largest absolute Gasteiger partial charge is 0.364 e. The lowest BCUT2D eigenvalue weighted by Gasteiger charge is -2.18. The van der Waals surface area contributed by atoms with Crippen LogP contribution in [0, 0.1) is 11.6 Å². The fourth-order valence-corrected chi connectivity index (χ4v) is 3.46. The molecule has 0 spiro atoms. The van der Waals surface area contributed by atoms with E-state index >= 15 is 0 Å². The van der Waals surface area contributed by atoms with E-state index in [0.29, 0.717) is 16.5 Å². The number of likely N-dealkylation sites (tertiary alicyclic amines) is 1. The Balaban J connectivity index is 1.95. The van der Waals surface area contributed by atoms with Crippen LogP contribution in [0.1, 0.15) is 28.9 Å². The van der Waals surface area contributed by atoms with Gasteiger partial charge in [-0.3, -0.25) is 19.3 Å². The molecule has 0 saturated carbocycles. The minimum absolute atomic E-state index is 0.0392. The first-order valence-corrected chi connectivity index (χ1v) is 8.86. The van der Waals surface area contributed by atoms with Crippen LogP contribution < -0.4 is 5.73 Å². The summed E-state index contributed by atoms with van der Waals surface area (Å²) in [5, 5.41) is 0.587. The second-order valence-corrected chi connectivity index (χ2v) is 6.73. The summed E-state index contributed by atoms with van der Waals surface area (Å²) in [5.74, 6) is -3.71. The van der Waals surface area contributed by atoms with E-state index in [1.54, 1.807) is 24.3 Å². The van der Waals surface area contributed by atoms with E-state index in [4.69, 9.17) is 5.73 Å². The van der Waals surface area contributed by atoms with Gasteiger partial charge < -0.3 is 5.73 Å². The summed E-state index contributed by atoms with van der Waals surface area (Å²) in [6.45, 7) is -0.202. The number of carbonyl (C=O) groups is 3. The van der Waals surface area contributed by atoms with Gasteiger partial charge >= 0.3 is 0 Å². The minimum Gasteiger partial charge on any atom is -0.364 e. The van der Waals surface area contributed by atoms with Crippen LogP contribution in [0.4, 0.5) is 8.78 Å². The lowest BCUT2D eigenvalue weighted by molar-refractivity contribution is -0.139. The molecule has 0 bridgehead atoms. The van der Waals surface area contributed by atoms with Crippen molar-refractivity contribution in [3.8, 4) is 11.1 Å². The number of aromatic nitrogens is 1. The first kappa shape index (κ1) is 18.7. The van der Waals surface area contributed by atoms with E-state index in [0.717, 1.165) is 17.0 Å². The molecule has 0 unspecified atom stereocenters. The Morgan fingerprint density at radius 3 is 2.34 bits per heavy atom. The molecule has 1 aromatic heterocycles. The Kier molecular flexibility index (Phi) is 4.54. The first-order valence-electron chi connectivity index (χ1n) is 8.86. The summed E-state index contributed by atoms with van der Waals surface area (Å²) in [5.41, 5.74) is 6.67. The molecule has 29 heavy (non-hydrogen) atoms. The van der Waals surface area contributed by atoms with Gasteiger partial charge in [-0.1, -0.05) is 18.2 Å². The molecule has 3 amide bonds. The van der Waals surface area contributed by atoms with Crippen molar-refractivity contribution in [1.82, 2.24) is 9.88 Å². The predicted molar refractivity (Wildman–Crippen MR) is 100 cm³/mol. The van der Waals surface area contributed by atoms with Crippen molar-refractivity contribution >= 4 is 28.6 Å². The molecule has 6 nitrogen and oxygen atoms in total. The highest BCUT2D eigenvalue weighted by atomic mass is 19.2. The Morgan fingerprint density at radius 1 is 1.00 bits per heavy atom. The van der Waals surface area contributed by atoms with E-state index in [1.807, 2.05) is 0 Å². The van der Waals surface area contributed by atoms with Gasteiger partial charge in [-0.2, -0.15) is 0 Å². The van der Waals surface area contributed by atoms with Crippen molar-refractivity contribution in [2.24, 2.45) is 5.73 Å². The molecule has 8 heteroatoms.